The second-order valence-electron chi connectivity index (χ2n) is 5.75. The normalized spacial score (nSPS) is 10.7. The average Bonchev–Trinajstić information content (AvgIpc) is 3.10. The van der Waals surface area contributed by atoms with E-state index in [1.807, 2.05) is 25.1 Å². The Morgan fingerprint density at radius 2 is 1.86 bits per heavy atom. The minimum Gasteiger partial charge on any atom is -0.494 e. The van der Waals surface area contributed by atoms with Crippen molar-refractivity contribution in [3.8, 4) is 11.5 Å². The van der Waals surface area contributed by atoms with E-state index in [1.54, 1.807) is 13.0 Å². The SMILES string of the molecule is CCOc1ccc(NC(=O)CSc2nc3ccc(OCC)cc3s2)c([N+](=O)[O-])c1. The molecule has 0 fully saturated rings. The molecule has 0 radical (unpaired) electrons. The number of nitro groups is 1. The van der Waals surface area contributed by atoms with Gasteiger partial charge in [-0.05, 0) is 44.2 Å². The molecule has 29 heavy (non-hydrogen) atoms. The van der Waals surface area contributed by atoms with Crippen molar-refractivity contribution in [3.05, 3.63) is 46.5 Å². The van der Waals surface area contributed by atoms with E-state index in [4.69, 9.17) is 9.47 Å². The van der Waals surface area contributed by atoms with E-state index in [2.05, 4.69) is 10.3 Å². The first-order chi connectivity index (χ1) is 14.0. The summed E-state index contributed by atoms with van der Waals surface area (Å²) in [6.07, 6.45) is 0. The number of amides is 1. The number of thioether (sulfide) groups is 1. The second kappa shape index (κ2) is 9.57. The largest absolute Gasteiger partial charge is 0.494 e. The summed E-state index contributed by atoms with van der Waals surface area (Å²) < 4.78 is 12.5. The fraction of sp³-hybridized carbons (Fsp3) is 0.263. The molecule has 0 aliphatic rings. The molecule has 0 aliphatic carbocycles. The van der Waals surface area contributed by atoms with Crippen LogP contribution in [-0.2, 0) is 4.79 Å². The Labute approximate surface area is 175 Å². The lowest BCUT2D eigenvalue weighted by Crippen LogP contribution is -2.15. The number of anilines is 1. The quantitative estimate of drug-likeness (QED) is 0.295. The first-order valence-electron chi connectivity index (χ1n) is 8.87. The van der Waals surface area contributed by atoms with Gasteiger partial charge in [-0.1, -0.05) is 11.8 Å². The molecule has 152 valence electrons. The van der Waals surface area contributed by atoms with Crippen molar-refractivity contribution in [2.45, 2.75) is 18.2 Å². The van der Waals surface area contributed by atoms with Crippen LogP contribution >= 0.6 is 23.1 Å². The van der Waals surface area contributed by atoms with Gasteiger partial charge >= 0.3 is 0 Å². The highest BCUT2D eigenvalue weighted by atomic mass is 32.2. The molecule has 1 N–H and O–H groups in total. The number of benzene rings is 2. The number of carbonyl (C=O) groups excluding carboxylic acids is 1. The van der Waals surface area contributed by atoms with Crippen molar-refractivity contribution in [3.63, 3.8) is 0 Å². The van der Waals surface area contributed by atoms with Gasteiger partial charge in [0.25, 0.3) is 5.69 Å². The van der Waals surface area contributed by atoms with Crippen molar-refractivity contribution in [2.24, 2.45) is 0 Å². The Kier molecular flexibility index (Phi) is 6.89. The minimum atomic E-state index is -0.547. The number of aromatic nitrogens is 1. The predicted molar refractivity (Wildman–Crippen MR) is 114 cm³/mol. The molecule has 3 aromatic rings. The van der Waals surface area contributed by atoms with Crippen LogP contribution in [0.2, 0.25) is 0 Å². The van der Waals surface area contributed by atoms with Crippen LogP contribution in [0.25, 0.3) is 10.2 Å². The summed E-state index contributed by atoms with van der Waals surface area (Å²) in [5.41, 5.74) is 0.760. The van der Waals surface area contributed by atoms with Gasteiger partial charge in [0.1, 0.15) is 17.2 Å². The van der Waals surface area contributed by atoms with Crippen LogP contribution in [0.5, 0.6) is 11.5 Å². The number of carbonyl (C=O) groups is 1. The van der Waals surface area contributed by atoms with Gasteiger partial charge in [-0.25, -0.2) is 4.98 Å². The fourth-order valence-corrected chi connectivity index (χ4v) is 4.44. The molecule has 1 heterocycles. The van der Waals surface area contributed by atoms with Crippen LogP contribution in [0.15, 0.2) is 40.7 Å². The molecule has 0 spiro atoms. The summed E-state index contributed by atoms with van der Waals surface area (Å²) in [5, 5.41) is 13.9. The Balaban J connectivity index is 1.65. The third kappa shape index (κ3) is 5.36. The highest BCUT2D eigenvalue weighted by Gasteiger charge is 2.18. The summed E-state index contributed by atoms with van der Waals surface area (Å²) in [5.74, 6) is 0.896. The van der Waals surface area contributed by atoms with Gasteiger partial charge in [0, 0.05) is 0 Å². The molecular formula is C19H19N3O5S2. The first kappa shape index (κ1) is 20.9. The molecule has 8 nitrogen and oxygen atoms in total. The van der Waals surface area contributed by atoms with E-state index in [0.29, 0.717) is 19.0 Å². The molecule has 0 saturated carbocycles. The summed E-state index contributed by atoms with van der Waals surface area (Å²) >= 11 is 2.75. The topological polar surface area (TPSA) is 104 Å². The van der Waals surface area contributed by atoms with Crippen molar-refractivity contribution in [1.29, 1.82) is 0 Å². The maximum absolute atomic E-state index is 12.3. The lowest BCUT2D eigenvalue weighted by Gasteiger charge is -2.08. The molecule has 1 amide bonds. The van der Waals surface area contributed by atoms with Gasteiger partial charge in [-0.15, -0.1) is 11.3 Å². The Morgan fingerprint density at radius 1 is 1.17 bits per heavy atom. The zero-order valence-electron chi connectivity index (χ0n) is 15.8. The standard InChI is InChI=1S/C19H19N3O5S2/c1-3-26-12-5-7-14(16(9-12)22(24)25)20-18(23)11-28-19-21-15-8-6-13(27-4-2)10-17(15)29-19/h5-10H,3-4,11H2,1-2H3,(H,20,23). The van der Waals surface area contributed by atoms with Gasteiger partial charge in [0.05, 0.1) is 40.2 Å². The molecule has 3 rings (SSSR count). The Hall–Kier alpha value is -2.85. The summed E-state index contributed by atoms with van der Waals surface area (Å²) in [7, 11) is 0. The molecule has 0 atom stereocenters. The van der Waals surface area contributed by atoms with Crippen molar-refractivity contribution < 1.29 is 19.2 Å². The van der Waals surface area contributed by atoms with E-state index < -0.39 is 4.92 Å². The molecule has 1 aromatic heterocycles. The van der Waals surface area contributed by atoms with E-state index in [0.717, 1.165) is 20.3 Å². The van der Waals surface area contributed by atoms with Crippen LogP contribution in [-0.4, -0.2) is 34.8 Å². The molecule has 0 saturated heterocycles. The van der Waals surface area contributed by atoms with E-state index in [-0.39, 0.29) is 23.0 Å². The lowest BCUT2D eigenvalue weighted by molar-refractivity contribution is -0.384. The van der Waals surface area contributed by atoms with Crippen LogP contribution in [0.3, 0.4) is 0 Å². The van der Waals surface area contributed by atoms with Crippen LogP contribution in [0, 0.1) is 10.1 Å². The van der Waals surface area contributed by atoms with E-state index in [9.17, 15) is 14.9 Å². The number of hydrogen-bond donors (Lipinski definition) is 1. The summed E-state index contributed by atoms with van der Waals surface area (Å²) in [6.45, 7) is 4.70. The number of nitro benzene ring substituents is 1. The van der Waals surface area contributed by atoms with Crippen molar-refractivity contribution >= 4 is 50.6 Å². The lowest BCUT2D eigenvalue weighted by atomic mass is 10.2. The van der Waals surface area contributed by atoms with E-state index >= 15 is 0 Å². The summed E-state index contributed by atoms with van der Waals surface area (Å²) in [6, 6.07) is 10.0. The molecule has 2 aromatic carbocycles. The number of hydrogen-bond acceptors (Lipinski definition) is 8. The number of ether oxygens (including phenoxy) is 2. The Bertz CT molecular complexity index is 1040. The maximum Gasteiger partial charge on any atom is 0.296 e. The number of nitrogens with zero attached hydrogens (tertiary/aromatic N) is 2. The number of nitrogens with one attached hydrogen (secondary N) is 1. The van der Waals surface area contributed by atoms with E-state index in [1.165, 1.54) is 35.2 Å². The zero-order valence-corrected chi connectivity index (χ0v) is 17.5. The number of fused-ring (bicyclic) bond motifs is 1. The Morgan fingerprint density at radius 3 is 2.55 bits per heavy atom. The minimum absolute atomic E-state index is 0.0858. The zero-order chi connectivity index (χ0) is 20.8. The molecule has 0 unspecified atom stereocenters. The first-order valence-corrected chi connectivity index (χ1v) is 10.7. The van der Waals surface area contributed by atoms with Gasteiger partial charge in [0.2, 0.25) is 5.91 Å². The van der Waals surface area contributed by atoms with Crippen LogP contribution < -0.4 is 14.8 Å². The number of rotatable bonds is 9. The fourth-order valence-electron chi connectivity index (χ4n) is 2.54. The van der Waals surface area contributed by atoms with Gasteiger partial charge < -0.3 is 14.8 Å². The van der Waals surface area contributed by atoms with Gasteiger partial charge in [-0.2, -0.15) is 0 Å². The maximum atomic E-state index is 12.3. The molecule has 10 heteroatoms. The highest BCUT2D eigenvalue weighted by molar-refractivity contribution is 8.01. The monoisotopic (exact) mass is 433 g/mol. The third-order valence-electron chi connectivity index (χ3n) is 3.73. The van der Waals surface area contributed by atoms with Gasteiger partial charge in [-0.3, -0.25) is 14.9 Å². The van der Waals surface area contributed by atoms with Crippen molar-refractivity contribution in [1.82, 2.24) is 4.98 Å². The molecular weight excluding hydrogens is 414 g/mol. The summed E-state index contributed by atoms with van der Waals surface area (Å²) in [4.78, 5) is 27.5. The van der Waals surface area contributed by atoms with Gasteiger partial charge in [0.15, 0.2) is 4.34 Å². The van der Waals surface area contributed by atoms with Crippen LogP contribution in [0.1, 0.15) is 13.8 Å². The second-order valence-corrected chi connectivity index (χ2v) is 8.00. The average molecular weight is 434 g/mol. The molecule has 0 bridgehead atoms. The smallest absolute Gasteiger partial charge is 0.296 e. The highest BCUT2D eigenvalue weighted by Crippen LogP contribution is 2.33. The van der Waals surface area contributed by atoms with Crippen molar-refractivity contribution in [2.75, 3.05) is 24.3 Å². The molecule has 0 aliphatic heterocycles. The number of thiazole rings is 1. The van der Waals surface area contributed by atoms with Crippen LogP contribution in [0.4, 0.5) is 11.4 Å². The third-order valence-corrected chi connectivity index (χ3v) is 5.89. The predicted octanol–water partition coefficient (Wildman–Crippen LogP) is 4.73.